The maximum atomic E-state index is 12.8. The molecule has 0 spiro atoms. The minimum absolute atomic E-state index is 0.0184. The molecule has 1 heterocycles. The summed E-state index contributed by atoms with van der Waals surface area (Å²) in [5.41, 5.74) is 0. The zero-order valence-corrected chi connectivity index (χ0v) is 38.8. The largest absolute Gasteiger partial charge is 0.472 e. The van der Waals surface area contributed by atoms with Gasteiger partial charge in [0.2, 0.25) is 0 Å². The number of hydrogen-bond acceptors (Lipinski definition) is 13. The Balaban J connectivity index is 1.72. The molecule has 8 atom stereocenters. The lowest BCUT2D eigenvalue weighted by Gasteiger charge is -2.41. The molecule has 2 rings (SSSR count). The molecule has 2 aliphatic rings. The zero-order valence-electron chi connectivity index (χ0n) is 37.9. The van der Waals surface area contributed by atoms with E-state index >= 15 is 0 Å². The molecule has 1 aliphatic carbocycles. The lowest BCUT2D eigenvalue weighted by molar-refractivity contribution is -0.220. The first-order valence-electron chi connectivity index (χ1n) is 23.9. The first kappa shape index (κ1) is 56.2. The Bertz CT molecular complexity index is 1290. The number of ether oxygens (including phenoxy) is 3. The molecule has 0 amide bonds. The quantitative estimate of drug-likeness (QED) is 0.0113. The van der Waals surface area contributed by atoms with Crippen molar-refractivity contribution in [2.24, 2.45) is 0 Å². The van der Waals surface area contributed by atoms with Crippen LogP contribution in [-0.4, -0.2) is 111 Å². The second-order valence-corrected chi connectivity index (χ2v) is 18.4. The van der Waals surface area contributed by atoms with Crippen molar-refractivity contribution in [3.8, 4) is 0 Å². The highest BCUT2D eigenvalue weighted by molar-refractivity contribution is 7.47. The number of epoxide rings is 1. The number of hydrogen-bond donors (Lipinski definition) is 6. The Morgan fingerprint density at radius 2 is 1.06 bits per heavy atom. The van der Waals surface area contributed by atoms with Crippen LogP contribution in [0.3, 0.4) is 0 Å². The maximum Gasteiger partial charge on any atom is 0.472 e. The number of phosphoric acid groups is 1. The van der Waals surface area contributed by atoms with Gasteiger partial charge < -0.3 is 44.6 Å². The molecular weight excluding hydrogens is 819 g/mol. The van der Waals surface area contributed by atoms with Crippen LogP contribution in [0.15, 0.2) is 36.5 Å². The third-order valence-electron chi connectivity index (χ3n) is 11.4. The normalized spacial score (nSPS) is 25.4. The molecule has 0 bridgehead atoms. The molecule has 0 aromatic heterocycles. The number of aliphatic hydroxyl groups excluding tert-OH is 5. The number of phosphoric ester groups is 1. The molecule has 6 N–H and O–H groups in total. The average molecular weight is 903 g/mol. The van der Waals surface area contributed by atoms with Gasteiger partial charge >= 0.3 is 19.8 Å². The first-order valence-corrected chi connectivity index (χ1v) is 25.4. The van der Waals surface area contributed by atoms with Crippen LogP contribution in [0.1, 0.15) is 181 Å². The van der Waals surface area contributed by atoms with Crippen LogP contribution in [0.4, 0.5) is 0 Å². The zero-order chi connectivity index (χ0) is 45.4. The van der Waals surface area contributed by atoms with Crippen molar-refractivity contribution in [1.82, 2.24) is 0 Å². The number of carbonyl (C=O) groups excluding carboxylic acids is 2. The summed E-state index contributed by atoms with van der Waals surface area (Å²) in [7, 11) is -5.14. The molecular formula is C47H83O14P. The fraction of sp³-hybridized carbons (Fsp3) is 0.830. The molecule has 1 saturated carbocycles. The highest BCUT2D eigenvalue weighted by atomic mass is 31.2. The highest BCUT2D eigenvalue weighted by Crippen LogP contribution is 2.47. The fourth-order valence-electron chi connectivity index (χ4n) is 7.43. The third kappa shape index (κ3) is 26.1. The molecule has 360 valence electrons. The van der Waals surface area contributed by atoms with E-state index in [4.69, 9.17) is 23.3 Å². The van der Waals surface area contributed by atoms with E-state index in [2.05, 4.69) is 38.2 Å². The van der Waals surface area contributed by atoms with Gasteiger partial charge in [-0.1, -0.05) is 159 Å². The minimum atomic E-state index is -5.14. The Labute approximate surface area is 372 Å². The number of allylic oxidation sites excluding steroid dienone is 5. The van der Waals surface area contributed by atoms with Crippen LogP contribution in [0.25, 0.3) is 0 Å². The van der Waals surface area contributed by atoms with Crippen LogP contribution < -0.4 is 0 Å². The predicted octanol–water partition coefficient (Wildman–Crippen LogP) is 8.38. The number of esters is 2. The van der Waals surface area contributed by atoms with E-state index in [0.29, 0.717) is 31.5 Å². The topological polar surface area (TPSA) is 222 Å². The number of carbonyl (C=O) groups is 2. The number of rotatable bonds is 38. The van der Waals surface area contributed by atoms with Gasteiger partial charge in [0.1, 0.15) is 43.2 Å². The molecule has 0 aromatic rings. The molecule has 1 aliphatic heterocycles. The van der Waals surface area contributed by atoms with Crippen molar-refractivity contribution in [3.05, 3.63) is 36.5 Å². The van der Waals surface area contributed by atoms with Crippen LogP contribution in [0.5, 0.6) is 0 Å². The van der Waals surface area contributed by atoms with Crippen molar-refractivity contribution in [2.45, 2.75) is 236 Å². The predicted molar refractivity (Wildman–Crippen MR) is 239 cm³/mol. The van der Waals surface area contributed by atoms with Gasteiger partial charge in [0.15, 0.2) is 6.10 Å². The highest BCUT2D eigenvalue weighted by Gasteiger charge is 2.51. The second kappa shape index (κ2) is 34.4. The summed E-state index contributed by atoms with van der Waals surface area (Å²) in [6.45, 7) is 3.23. The Morgan fingerprint density at radius 1 is 0.581 bits per heavy atom. The van der Waals surface area contributed by atoms with Crippen LogP contribution in [0.2, 0.25) is 0 Å². The maximum absolute atomic E-state index is 12.8. The second-order valence-electron chi connectivity index (χ2n) is 17.0. The summed E-state index contributed by atoms with van der Waals surface area (Å²) >= 11 is 0. The first-order chi connectivity index (χ1) is 29.9. The monoisotopic (exact) mass is 903 g/mol. The van der Waals surface area contributed by atoms with E-state index in [1.165, 1.54) is 89.9 Å². The van der Waals surface area contributed by atoms with E-state index in [1.54, 1.807) is 0 Å². The molecule has 14 nitrogen and oxygen atoms in total. The van der Waals surface area contributed by atoms with E-state index in [1.807, 2.05) is 12.2 Å². The lowest BCUT2D eigenvalue weighted by Crippen LogP contribution is -2.64. The average Bonchev–Trinajstić information content (AvgIpc) is 4.01. The van der Waals surface area contributed by atoms with Crippen molar-refractivity contribution in [3.63, 3.8) is 0 Å². The van der Waals surface area contributed by atoms with Crippen LogP contribution in [0, 0.1) is 0 Å². The molecule has 0 radical (unpaired) electrons. The van der Waals surface area contributed by atoms with Gasteiger partial charge in [0.25, 0.3) is 0 Å². The lowest BCUT2D eigenvalue weighted by atomic mass is 9.85. The Hall–Kier alpha value is -1.97. The van der Waals surface area contributed by atoms with E-state index in [9.17, 15) is 44.6 Å². The molecule has 15 heteroatoms. The summed E-state index contributed by atoms with van der Waals surface area (Å²) < 4.78 is 39.2. The van der Waals surface area contributed by atoms with E-state index in [-0.39, 0.29) is 12.8 Å². The van der Waals surface area contributed by atoms with Crippen LogP contribution in [-0.2, 0) is 37.4 Å². The summed E-state index contributed by atoms with van der Waals surface area (Å²) in [5.74, 6) is -1.17. The van der Waals surface area contributed by atoms with Gasteiger partial charge in [-0.25, -0.2) is 4.57 Å². The van der Waals surface area contributed by atoms with Gasteiger partial charge in [-0.05, 0) is 44.9 Å². The Morgan fingerprint density at radius 3 is 1.65 bits per heavy atom. The summed E-state index contributed by atoms with van der Waals surface area (Å²) in [6, 6.07) is 0. The molecule has 1 saturated heterocycles. The van der Waals surface area contributed by atoms with Crippen molar-refractivity contribution in [2.75, 3.05) is 13.2 Å². The van der Waals surface area contributed by atoms with E-state index in [0.717, 1.165) is 44.9 Å². The van der Waals surface area contributed by atoms with Gasteiger partial charge in [-0.3, -0.25) is 18.6 Å². The van der Waals surface area contributed by atoms with Gasteiger partial charge in [0, 0.05) is 12.8 Å². The molecule has 0 aromatic carbocycles. The molecule has 8 unspecified atom stereocenters. The standard InChI is InChI=1S/C47H83O14P/c1-3-5-7-8-9-10-11-12-13-14-15-19-22-25-29-33-40(48)57-35-37(36-58-62(55,56)61-47-45(53)43(51)42(50)44(52)46(47)54)59-41(49)34-30-26-23-20-17-16-18-21-24-28-32-39-38(60-39)31-27-6-4-2/h16,18,20,23-24,28,37-39,42-47,50-54H,3-15,17,19,21-22,25-27,29-36H2,1-2H3,(H,55,56)/b18-16-,23-20-,28-24-. The van der Waals surface area contributed by atoms with Crippen molar-refractivity contribution in [1.29, 1.82) is 0 Å². The summed E-state index contributed by atoms with van der Waals surface area (Å²) in [5, 5.41) is 50.2. The Kier molecular flexibility index (Phi) is 31.1. The molecule has 2 fully saturated rings. The smallest absolute Gasteiger partial charge is 0.462 e. The summed E-state index contributed by atoms with van der Waals surface area (Å²) in [6.07, 6.45) is 26.6. The van der Waals surface area contributed by atoms with Gasteiger partial charge in [-0.2, -0.15) is 0 Å². The number of aliphatic hydroxyl groups is 5. The van der Waals surface area contributed by atoms with Gasteiger partial charge in [-0.15, -0.1) is 0 Å². The van der Waals surface area contributed by atoms with Gasteiger partial charge in [0.05, 0.1) is 18.8 Å². The third-order valence-corrected chi connectivity index (χ3v) is 12.4. The van der Waals surface area contributed by atoms with Crippen molar-refractivity contribution < 1.29 is 67.8 Å². The number of unbranched alkanes of at least 4 members (excludes halogenated alkanes) is 17. The van der Waals surface area contributed by atoms with Crippen LogP contribution >= 0.6 is 7.82 Å². The SMILES string of the molecule is CCCCCCCCCCCCCCCCCC(=O)OCC(COP(=O)(O)OC1C(O)C(O)C(O)C(O)C1O)OC(=O)CCC/C=C\C/C=C\C/C=C\CC1OC1CCCCC. The van der Waals surface area contributed by atoms with E-state index < -0.39 is 75.7 Å². The molecule has 62 heavy (non-hydrogen) atoms. The minimum Gasteiger partial charge on any atom is -0.462 e. The van der Waals surface area contributed by atoms with Crippen molar-refractivity contribution >= 4 is 19.8 Å². The fourth-order valence-corrected chi connectivity index (χ4v) is 8.41. The summed E-state index contributed by atoms with van der Waals surface area (Å²) in [4.78, 5) is 35.7.